The highest BCUT2D eigenvalue weighted by Crippen LogP contribution is 2.26. The molecule has 0 radical (unpaired) electrons. The Balaban J connectivity index is 1.32. The van der Waals surface area contributed by atoms with Crippen LogP contribution in [0.5, 0.6) is 0 Å². The molecule has 4 rings (SSSR count). The average Bonchev–Trinajstić information content (AvgIpc) is 3.30. The van der Waals surface area contributed by atoms with Gasteiger partial charge in [-0.25, -0.2) is 4.98 Å². The summed E-state index contributed by atoms with van der Waals surface area (Å²) in [5.41, 5.74) is 1.79. The summed E-state index contributed by atoms with van der Waals surface area (Å²) < 4.78 is 7.31. The Morgan fingerprint density at radius 3 is 3.03 bits per heavy atom. The van der Waals surface area contributed by atoms with Gasteiger partial charge in [0.2, 0.25) is 11.9 Å². The van der Waals surface area contributed by atoms with Crippen molar-refractivity contribution in [2.75, 3.05) is 63.6 Å². The van der Waals surface area contributed by atoms with Gasteiger partial charge >= 0.3 is 0 Å². The SMILES string of the molecule is Cc1nn(C2CCN(C)C2)cc1Nc1ncc(Cl)c(NCCCN2CCCOCC2=O)n1. The minimum Gasteiger partial charge on any atom is -0.372 e. The Hall–Kier alpha value is -2.43. The van der Waals surface area contributed by atoms with Crippen LogP contribution in [0.2, 0.25) is 5.02 Å². The van der Waals surface area contributed by atoms with E-state index in [-0.39, 0.29) is 12.5 Å². The van der Waals surface area contributed by atoms with Crippen LogP contribution in [-0.4, -0.2) is 88.4 Å². The van der Waals surface area contributed by atoms with Gasteiger partial charge in [-0.15, -0.1) is 0 Å². The van der Waals surface area contributed by atoms with E-state index in [0.717, 1.165) is 50.3 Å². The first kappa shape index (κ1) is 22.8. The van der Waals surface area contributed by atoms with Crippen LogP contribution in [0.15, 0.2) is 12.4 Å². The van der Waals surface area contributed by atoms with Crippen molar-refractivity contribution in [1.29, 1.82) is 0 Å². The van der Waals surface area contributed by atoms with Crippen molar-refractivity contribution in [2.45, 2.75) is 32.2 Å². The van der Waals surface area contributed by atoms with E-state index in [2.05, 4.69) is 37.6 Å². The third-order valence-electron chi connectivity index (χ3n) is 5.84. The molecule has 0 saturated carbocycles. The molecule has 0 spiro atoms. The number of anilines is 3. The summed E-state index contributed by atoms with van der Waals surface area (Å²) >= 11 is 6.29. The molecule has 2 N–H and O–H groups in total. The number of aromatic nitrogens is 4. The lowest BCUT2D eigenvalue weighted by atomic mass is 10.3. The summed E-state index contributed by atoms with van der Waals surface area (Å²) in [5.74, 6) is 1.08. The predicted octanol–water partition coefficient (Wildman–Crippen LogP) is 2.31. The van der Waals surface area contributed by atoms with E-state index < -0.39 is 0 Å². The molecule has 0 bridgehead atoms. The third-order valence-corrected chi connectivity index (χ3v) is 6.12. The molecule has 0 aliphatic carbocycles. The Kier molecular flexibility index (Phi) is 7.44. The van der Waals surface area contributed by atoms with Gasteiger partial charge in [-0.1, -0.05) is 11.6 Å². The van der Waals surface area contributed by atoms with Crippen molar-refractivity contribution in [3.63, 3.8) is 0 Å². The van der Waals surface area contributed by atoms with Gasteiger partial charge in [0, 0.05) is 39.0 Å². The number of aryl methyl sites for hydroxylation is 1. The number of nitrogens with zero attached hydrogens (tertiary/aromatic N) is 6. The normalized spacial score (nSPS) is 19.9. The number of ether oxygens (including phenoxy) is 1. The maximum atomic E-state index is 12.0. The molecule has 32 heavy (non-hydrogen) atoms. The maximum Gasteiger partial charge on any atom is 0.248 e. The van der Waals surface area contributed by atoms with E-state index >= 15 is 0 Å². The lowest BCUT2D eigenvalue weighted by Gasteiger charge is -2.19. The molecule has 10 nitrogen and oxygen atoms in total. The number of amides is 1. The van der Waals surface area contributed by atoms with Gasteiger partial charge in [-0.3, -0.25) is 9.48 Å². The van der Waals surface area contributed by atoms with Crippen LogP contribution in [0.3, 0.4) is 0 Å². The monoisotopic (exact) mass is 462 g/mol. The van der Waals surface area contributed by atoms with Crippen molar-refractivity contribution >= 4 is 35.0 Å². The Bertz CT molecular complexity index is 937. The number of hydrogen-bond donors (Lipinski definition) is 2. The number of rotatable bonds is 8. The lowest BCUT2D eigenvalue weighted by molar-refractivity contribution is -0.133. The van der Waals surface area contributed by atoms with Crippen LogP contribution < -0.4 is 10.6 Å². The summed E-state index contributed by atoms with van der Waals surface area (Å²) in [4.78, 5) is 25.0. The molecule has 2 aromatic rings. The van der Waals surface area contributed by atoms with Crippen LogP contribution in [0, 0.1) is 6.92 Å². The highest BCUT2D eigenvalue weighted by atomic mass is 35.5. The van der Waals surface area contributed by atoms with Crippen molar-refractivity contribution in [3.8, 4) is 0 Å². The average molecular weight is 463 g/mol. The topological polar surface area (TPSA) is 100 Å². The molecule has 174 valence electrons. The minimum atomic E-state index is 0.0502. The molecule has 2 fully saturated rings. The fraction of sp³-hybridized carbons (Fsp3) is 0.619. The molecule has 2 aromatic heterocycles. The fourth-order valence-corrected chi connectivity index (χ4v) is 4.19. The van der Waals surface area contributed by atoms with Crippen LogP contribution >= 0.6 is 11.6 Å². The molecule has 1 atom stereocenters. The molecule has 1 amide bonds. The Labute approximate surface area is 193 Å². The summed E-state index contributed by atoms with van der Waals surface area (Å²) in [7, 11) is 2.13. The van der Waals surface area contributed by atoms with E-state index in [9.17, 15) is 4.79 Å². The summed E-state index contributed by atoms with van der Waals surface area (Å²) in [6.45, 7) is 6.94. The molecule has 1 unspecified atom stereocenters. The first-order valence-corrected chi connectivity index (χ1v) is 11.5. The molecule has 4 heterocycles. The molecule has 2 aliphatic rings. The van der Waals surface area contributed by atoms with Crippen LogP contribution in [-0.2, 0) is 9.53 Å². The van der Waals surface area contributed by atoms with E-state index in [1.54, 1.807) is 6.20 Å². The van der Waals surface area contributed by atoms with E-state index in [1.807, 2.05) is 22.7 Å². The third kappa shape index (κ3) is 5.67. The highest BCUT2D eigenvalue weighted by Gasteiger charge is 2.23. The van der Waals surface area contributed by atoms with Gasteiger partial charge in [0.05, 0.1) is 23.6 Å². The number of carbonyl (C=O) groups is 1. The predicted molar refractivity (Wildman–Crippen MR) is 124 cm³/mol. The molecule has 2 aliphatic heterocycles. The summed E-state index contributed by atoms with van der Waals surface area (Å²) in [6.07, 6.45) is 6.36. The zero-order chi connectivity index (χ0) is 22.5. The molecule has 0 aromatic carbocycles. The second kappa shape index (κ2) is 10.5. The van der Waals surface area contributed by atoms with Gasteiger partial charge in [-0.05, 0) is 39.8 Å². The molecular weight excluding hydrogens is 432 g/mol. The second-order valence-corrected chi connectivity index (χ2v) is 8.80. The van der Waals surface area contributed by atoms with E-state index in [0.29, 0.717) is 42.5 Å². The number of halogens is 1. The number of likely N-dealkylation sites (tertiary alicyclic amines) is 1. The van der Waals surface area contributed by atoms with E-state index in [1.165, 1.54) is 0 Å². The molecular formula is C21H31ClN8O2. The zero-order valence-electron chi connectivity index (χ0n) is 18.7. The van der Waals surface area contributed by atoms with Gasteiger partial charge in [0.25, 0.3) is 0 Å². The summed E-state index contributed by atoms with van der Waals surface area (Å²) in [6, 6.07) is 0.389. The standard InChI is InChI=1S/C21H31ClN8O2/c1-15-18(13-30(27-15)16-5-9-28(2)12-16)25-21-24-11-17(22)20(26-21)23-6-3-7-29-8-4-10-32-14-19(29)31/h11,13,16H,3-10,12,14H2,1-2H3,(H2,23,24,25,26). The van der Waals surface area contributed by atoms with Gasteiger partial charge in [-0.2, -0.15) is 10.1 Å². The van der Waals surface area contributed by atoms with Gasteiger partial charge < -0.3 is 25.2 Å². The number of hydrogen-bond acceptors (Lipinski definition) is 8. The first-order chi connectivity index (χ1) is 15.5. The Morgan fingerprint density at radius 2 is 2.22 bits per heavy atom. The fourth-order valence-electron chi connectivity index (χ4n) is 4.04. The Morgan fingerprint density at radius 1 is 1.34 bits per heavy atom. The van der Waals surface area contributed by atoms with Crippen LogP contribution in [0.1, 0.15) is 31.0 Å². The number of likely N-dealkylation sites (N-methyl/N-ethyl adjacent to an activating group) is 1. The van der Waals surface area contributed by atoms with E-state index in [4.69, 9.17) is 16.3 Å². The van der Waals surface area contributed by atoms with Gasteiger partial charge in [0.15, 0.2) is 0 Å². The molecule has 11 heteroatoms. The van der Waals surface area contributed by atoms with Crippen molar-refractivity contribution in [1.82, 2.24) is 29.5 Å². The number of nitrogens with one attached hydrogen (secondary N) is 2. The largest absolute Gasteiger partial charge is 0.372 e. The maximum absolute atomic E-state index is 12.0. The second-order valence-electron chi connectivity index (χ2n) is 8.40. The first-order valence-electron chi connectivity index (χ1n) is 11.1. The van der Waals surface area contributed by atoms with Gasteiger partial charge in [0.1, 0.15) is 17.4 Å². The highest BCUT2D eigenvalue weighted by molar-refractivity contribution is 6.32. The van der Waals surface area contributed by atoms with Crippen molar-refractivity contribution in [2.24, 2.45) is 0 Å². The quantitative estimate of drug-likeness (QED) is 0.576. The van der Waals surface area contributed by atoms with Crippen molar-refractivity contribution in [3.05, 3.63) is 23.1 Å². The zero-order valence-corrected chi connectivity index (χ0v) is 19.4. The van der Waals surface area contributed by atoms with Crippen LogP contribution in [0.25, 0.3) is 0 Å². The lowest BCUT2D eigenvalue weighted by Crippen LogP contribution is -2.34. The summed E-state index contributed by atoms with van der Waals surface area (Å²) in [5, 5.41) is 11.7. The molecule has 2 saturated heterocycles. The van der Waals surface area contributed by atoms with Crippen LogP contribution in [0.4, 0.5) is 17.5 Å². The van der Waals surface area contributed by atoms with Crippen molar-refractivity contribution < 1.29 is 9.53 Å². The number of carbonyl (C=O) groups excluding carboxylic acids is 1. The minimum absolute atomic E-state index is 0.0502. The smallest absolute Gasteiger partial charge is 0.248 e.